The number of rotatable bonds is 6. The minimum absolute atomic E-state index is 0.519. The van der Waals surface area contributed by atoms with Gasteiger partial charge < -0.3 is 0 Å². The lowest BCUT2D eigenvalue weighted by Gasteiger charge is -2.35. The molecule has 0 amide bonds. The van der Waals surface area contributed by atoms with Crippen molar-refractivity contribution >= 4 is 31.8 Å². The van der Waals surface area contributed by atoms with Crippen molar-refractivity contribution in [2.75, 3.05) is 39.3 Å². The summed E-state index contributed by atoms with van der Waals surface area (Å²) in [6.07, 6.45) is 0. The molecule has 1 aromatic heterocycles. The molecule has 3 rings (SSSR count). The van der Waals surface area contributed by atoms with Gasteiger partial charge in [-0.2, -0.15) is 17.0 Å². The lowest BCUT2D eigenvalue weighted by Crippen LogP contribution is -2.52. The van der Waals surface area contributed by atoms with Crippen LogP contribution in [0.4, 0.5) is 0 Å². The zero-order valence-electron chi connectivity index (χ0n) is 14.2. The van der Waals surface area contributed by atoms with Gasteiger partial charge in [-0.05, 0) is 12.1 Å². The number of para-hydroxylation sites is 1. The van der Waals surface area contributed by atoms with Crippen LogP contribution < -0.4 is 0 Å². The molecule has 132 valence electrons. The Kier molecular flexibility index (Phi) is 5.51. The second-order valence-corrected chi connectivity index (χ2v) is 8.89. The number of aromatic nitrogens is 1. The van der Waals surface area contributed by atoms with Crippen LogP contribution in [0.15, 0.2) is 24.3 Å². The molecule has 0 unspecified atom stereocenters. The fraction of sp³-hybridized carbons (Fsp3) is 0.562. The Hall–Kier alpha value is -1.06. The highest BCUT2D eigenvalue weighted by atomic mass is 32.2. The number of nitrogens with zero attached hydrogens (tertiary/aromatic N) is 4. The smallest absolute Gasteiger partial charge is 0.282 e. The van der Waals surface area contributed by atoms with E-state index in [1.54, 1.807) is 15.6 Å². The molecule has 0 bridgehead atoms. The van der Waals surface area contributed by atoms with Crippen molar-refractivity contribution in [1.29, 1.82) is 0 Å². The summed E-state index contributed by atoms with van der Waals surface area (Å²) in [6, 6.07) is 8.15. The van der Waals surface area contributed by atoms with E-state index >= 15 is 0 Å². The first-order chi connectivity index (χ1) is 11.5. The van der Waals surface area contributed by atoms with Gasteiger partial charge in [0, 0.05) is 39.3 Å². The first kappa shape index (κ1) is 17.8. The van der Waals surface area contributed by atoms with Crippen molar-refractivity contribution in [3.8, 4) is 0 Å². The molecule has 1 aliphatic heterocycles. The second-order valence-electron chi connectivity index (χ2n) is 5.84. The maximum atomic E-state index is 12.6. The van der Waals surface area contributed by atoms with Gasteiger partial charge in [-0.3, -0.25) is 4.90 Å². The van der Waals surface area contributed by atoms with E-state index in [2.05, 4.69) is 16.0 Å². The van der Waals surface area contributed by atoms with Crippen molar-refractivity contribution < 1.29 is 8.42 Å². The van der Waals surface area contributed by atoms with Crippen molar-refractivity contribution in [2.24, 2.45) is 0 Å². The van der Waals surface area contributed by atoms with Gasteiger partial charge in [0.25, 0.3) is 10.2 Å². The van der Waals surface area contributed by atoms with E-state index in [0.29, 0.717) is 26.2 Å². The van der Waals surface area contributed by atoms with Gasteiger partial charge in [0.15, 0.2) is 0 Å². The summed E-state index contributed by atoms with van der Waals surface area (Å²) in [5.41, 5.74) is 1.04. The molecule has 2 heterocycles. The Labute approximate surface area is 147 Å². The van der Waals surface area contributed by atoms with Crippen LogP contribution in [-0.2, 0) is 16.8 Å². The minimum Gasteiger partial charge on any atom is -0.294 e. The third-order valence-electron chi connectivity index (χ3n) is 4.39. The Morgan fingerprint density at radius 2 is 1.79 bits per heavy atom. The number of hydrogen-bond acceptors (Lipinski definition) is 5. The van der Waals surface area contributed by atoms with Gasteiger partial charge in [-0.1, -0.05) is 26.0 Å². The number of fused-ring (bicyclic) bond motifs is 1. The highest BCUT2D eigenvalue weighted by Crippen LogP contribution is 2.23. The molecule has 2 aromatic rings. The van der Waals surface area contributed by atoms with Gasteiger partial charge in [0.2, 0.25) is 0 Å². The third-order valence-corrected chi connectivity index (χ3v) is 7.59. The van der Waals surface area contributed by atoms with E-state index in [0.717, 1.165) is 30.2 Å². The van der Waals surface area contributed by atoms with Crippen molar-refractivity contribution in [2.45, 2.75) is 20.4 Å². The van der Waals surface area contributed by atoms with E-state index in [9.17, 15) is 8.42 Å². The molecule has 1 aromatic carbocycles. The third kappa shape index (κ3) is 3.62. The van der Waals surface area contributed by atoms with Crippen LogP contribution in [0.25, 0.3) is 10.2 Å². The SMILES string of the molecule is CCN(CC)S(=O)(=O)N1CCN(Cc2nc3ccccc3s2)CC1. The summed E-state index contributed by atoms with van der Waals surface area (Å²) in [6.45, 7) is 8.17. The van der Waals surface area contributed by atoms with Gasteiger partial charge in [-0.15, -0.1) is 11.3 Å². The molecule has 0 saturated carbocycles. The fourth-order valence-corrected chi connectivity index (χ4v) is 5.62. The first-order valence-electron chi connectivity index (χ1n) is 8.36. The Morgan fingerprint density at radius 1 is 1.12 bits per heavy atom. The molecule has 1 fully saturated rings. The predicted molar refractivity (Wildman–Crippen MR) is 98.3 cm³/mol. The quantitative estimate of drug-likeness (QED) is 0.783. The van der Waals surface area contributed by atoms with Crippen molar-refractivity contribution in [1.82, 2.24) is 18.5 Å². The standard InChI is InChI=1S/C16H24N4O2S2/c1-3-19(4-2)24(21,22)20-11-9-18(10-12-20)13-16-17-14-7-5-6-8-15(14)23-16/h5-8H,3-4,9-13H2,1-2H3. The summed E-state index contributed by atoms with van der Waals surface area (Å²) in [7, 11) is -3.31. The number of hydrogen-bond donors (Lipinski definition) is 0. The normalized spacial score (nSPS) is 17.8. The van der Waals surface area contributed by atoms with Crippen LogP contribution in [0.1, 0.15) is 18.9 Å². The molecule has 1 aliphatic rings. The van der Waals surface area contributed by atoms with E-state index in [-0.39, 0.29) is 0 Å². The number of piperazine rings is 1. The number of thiazole rings is 1. The first-order valence-corrected chi connectivity index (χ1v) is 10.6. The van der Waals surface area contributed by atoms with E-state index < -0.39 is 10.2 Å². The highest BCUT2D eigenvalue weighted by Gasteiger charge is 2.30. The molecule has 0 radical (unpaired) electrons. The van der Waals surface area contributed by atoms with Crippen LogP contribution >= 0.6 is 11.3 Å². The molecule has 6 nitrogen and oxygen atoms in total. The Balaban J connectivity index is 1.61. The molecular formula is C16H24N4O2S2. The van der Waals surface area contributed by atoms with Crippen LogP contribution in [0.2, 0.25) is 0 Å². The fourth-order valence-electron chi connectivity index (χ4n) is 3.01. The molecule has 0 N–H and O–H groups in total. The highest BCUT2D eigenvalue weighted by molar-refractivity contribution is 7.86. The summed E-state index contributed by atoms with van der Waals surface area (Å²) < 4.78 is 29.4. The summed E-state index contributed by atoms with van der Waals surface area (Å²) in [5, 5.41) is 1.09. The van der Waals surface area contributed by atoms with Gasteiger partial charge in [0.1, 0.15) is 5.01 Å². The minimum atomic E-state index is -3.31. The Bertz CT molecular complexity index is 745. The molecule has 0 atom stereocenters. The van der Waals surface area contributed by atoms with Crippen LogP contribution in [0.3, 0.4) is 0 Å². The van der Waals surface area contributed by atoms with Crippen molar-refractivity contribution in [3.63, 3.8) is 0 Å². The van der Waals surface area contributed by atoms with Gasteiger partial charge in [0.05, 0.1) is 16.8 Å². The second kappa shape index (κ2) is 7.45. The van der Waals surface area contributed by atoms with E-state index in [4.69, 9.17) is 0 Å². The van der Waals surface area contributed by atoms with Crippen LogP contribution in [0, 0.1) is 0 Å². The van der Waals surface area contributed by atoms with Crippen LogP contribution in [-0.4, -0.2) is 66.2 Å². The predicted octanol–water partition coefficient (Wildman–Crippen LogP) is 2.00. The van der Waals surface area contributed by atoms with Gasteiger partial charge >= 0.3 is 0 Å². The average Bonchev–Trinajstić information content (AvgIpc) is 2.98. The largest absolute Gasteiger partial charge is 0.294 e. The molecule has 24 heavy (non-hydrogen) atoms. The molecular weight excluding hydrogens is 344 g/mol. The summed E-state index contributed by atoms with van der Waals surface area (Å²) in [4.78, 5) is 6.95. The lowest BCUT2D eigenvalue weighted by molar-refractivity contribution is 0.175. The number of benzene rings is 1. The van der Waals surface area contributed by atoms with E-state index in [1.807, 2.05) is 32.0 Å². The van der Waals surface area contributed by atoms with Gasteiger partial charge in [-0.25, -0.2) is 4.98 Å². The monoisotopic (exact) mass is 368 g/mol. The topological polar surface area (TPSA) is 56.8 Å². The maximum absolute atomic E-state index is 12.6. The maximum Gasteiger partial charge on any atom is 0.282 e. The lowest BCUT2D eigenvalue weighted by atomic mass is 10.3. The molecule has 0 aliphatic carbocycles. The van der Waals surface area contributed by atoms with E-state index in [1.165, 1.54) is 9.01 Å². The summed E-state index contributed by atoms with van der Waals surface area (Å²) >= 11 is 1.72. The molecule has 1 saturated heterocycles. The zero-order valence-corrected chi connectivity index (χ0v) is 15.8. The van der Waals surface area contributed by atoms with Crippen molar-refractivity contribution in [3.05, 3.63) is 29.3 Å². The molecule has 8 heteroatoms. The zero-order chi connectivity index (χ0) is 17.2. The molecule has 0 spiro atoms. The average molecular weight is 369 g/mol. The summed E-state index contributed by atoms with van der Waals surface area (Å²) in [5.74, 6) is 0. The Morgan fingerprint density at radius 3 is 2.42 bits per heavy atom. The van der Waals surface area contributed by atoms with Crippen LogP contribution in [0.5, 0.6) is 0 Å².